The van der Waals surface area contributed by atoms with Crippen LogP contribution in [0.4, 0.5) is 4.39 Å². The summed E-state index contributed by atoms with van der Waals surface area (Å²) in [6.45, 7) is 2.04. The molecule has 0 aliphatic carbocycles. The smallest absolute Gasteiger partial charge is 0.257 e. The van der Waals surface area contributed by atoms with E-state index in [9.17, 15) is 9.18 Å². The quantitative estimate of drug-likeness (QED) is 0.766. The predicted molar refractivity (Wildman–Crippen MR) is 64.0 cm³/mol. The van der Waals surface area contributed by atoms with Crippen molar-refractivity contribution >= 4 is 5.91 Å². The Morgan fingerprint density at radius 3 is 2.95 bits per heavy atom. The summed E-state index contributed by atoms with van der Waals surface area (Å²) in [6.07, 6.45) is 4.03. The minimum absolute atomic E-state index is 0.0463. The summed E-state index contributed by atoms with van der Waals surface area (Å²) in [5.74, 6) is -1.62. The maximum Gasteiger partial charge on any atom is 0.257 e. The molecule has 3 rings (SSSR count). The van der Waals surface area contributed by atoms with Gasteiger partial charge in [0.2, 0.25) is 0 Å². The molecular formula is C13H15FN2O3. The van der Waals surface area contributed by atoms with Crippen molar-refractivity contribution in [2.45, 2.75) is 18.6 Å². The molecule has 6 heteroatoms. The van der Waals surface area contributed by atoms with Crippen molar-refractivity contribution in [1.29, 1.82) is 0 Å². The summed E-state index contributed by atoms with van der Waals surface area (Å²) in [6, 6.07) is 1.40. The number of hydrogen-bond donors (Lipinski definition) is 0. The highest BCUT2D eigenvalue weighted by Crippen LogP contribution is 2.30. The van der Waals surface area contributed by atoms with Gasteiger partial charge in [-0.3, -0.25) is 9.78 Å². The Hall–Kier alpha value is -1.53. The number of carbonyl (C=O) groups is 1. The third-order valence-corrected chi connectivity index (χ3v) is 3.52. The Morgan fingerprint density at radius 2 is 2.21 bits per heavy atom. The van der Waals surface area contributed by atoms with E-state index in [1.807, 2.05) is 0 Å². The van der Waals surface area contributed by atoms with E-state index in [1.54, 1.807) is 4.90 Å². The van der Waals surface area contributed by atoms with Gasteiger partial charge >= 0.3 is 0 Å². The van der Waals surface area contributed by atoms with Gasteiger partial charge in [0.05, 0.1) is 31.5 Å². The molecule has 3 heterocycles. The van der Waals surface area contributed by atoms with Gasteiger partial charge in [-0.15, -0.1) is 0 Å². The van der Waals surface area contributed by atoms with Crippen LogP contribution in [0.25, 0.3) is 0 Å². The molecule has 0 atom stereocenters. The summed E-state index contributed by atoms with van der Waals surface area (Å²) in [5.41, 5.74) is 0.0463. The Labute approximate surface area is 110 Å². The van der Waals surface area contributed by atoms with Crippen LogP contribution in [0.15, 0.2) is 18.5 Å². The first-order valence-electron chi connectivity index (χ1n) is 6.37. The summed E-state index contributed by atoms with van der Waals surface area (Å²) in [4.78, 5) is 17.5. The van der Waals surface area contributed by atoms with Crippen LogP contribution in [0.1, 0.15) is 23.2 Å². The van der Waals surface area contributed by atoms with Gasteiger partial charge in [-0.1, -0.05) is 0 Å². The van der Waals surface area contributed by atoms with Crippen LogP contribution in [0.3, 0.4) is 0 Å². The molecule has 0 aromatic carbocycles. The molecule has 2 fully saturated rings. The third-order valence-electron chi connectivity index (χ3n) is 3.52. The molecule has 0 bridgehead atoms. The highest BCUT2D eigenvalue weighted by molar-refractivity contribution is 5.94. The normalized spacial score (nSPS) is 21.8. The highest BCUT2D eigenvalue weighted by atomic mass is 19.1. The zero-order chi connectivity index (χ0) is 13.3. The number of piperidine rings is 1. The Balaban J connectivity index is 1.78. The van der Waals surface area contributed by atoms with Crippen molar-refractivity contribution in [2.75, 3.05) is 26.3 Å². The van der Waals surface area contributed by atoms with Gasteiger partial charge in [0.15, 0.2) is 11.6 Å². The van der Waals surface area contributed by atoms with Crippen molar-refractivity contribution in [3.05, 3.63) is 29.8 Å². The molecule has 2 aliphatic heterocycles. The van der Waals surface area contributed by atoms with Crippen molar-refractivity contribution in [2.24, 2.45) is 0 Å². The average Bonchev–Trinajstić information content (AvgIpc) is 2.86. The topological polar surface area (TPSA) is 51.7 Å². The van der Waals surface area contributed by atoms with Crippen molar-refractivity contribution < 1.29 is 18.7 Å². The third kappa shape index (κ3) is 2.33. The van der Waals surface area contributed by atoms with Gasteiger partial charge < -0.3 is 14.4 Å². The first-order chi connectivity index (χ1) is 9.20. The van der Waals surface area contributed by atoms with E-state index in [2.05, 4.69) is 4.98 Å². The number of rotatable bonds is 1. The van der Waals surface area contributed by atoms with Crippen LogP contribution in [-0.2, 0) is 9.47 Å². The molecule has 2 aliphatic rings. The first-order valence-corrected chi connectivity index (χ1v) is 6.37. The summed E-state index contributed by atoms with van der Waals surface area (Å²) < 4.78 is 24.8. The van der Waals surface area contributed by atoms with E-state index in [0.717, 1.165) is 19.0 Å². The van der Waals surface area contributed by atoms with Gasteiger partial charge in [0, 0.05) is 19.2 Å². The van der Waals surface area contributed by atoms with E-state index >= 15 is 0 Å². The molecule has 102 valence electrons. The fourth-order valence-corrected chi connectivity index (χ4v) is 2.61. The van der Waals surface area contributed by atoms with Gasteiger partial charge in [0.1, 0.15) is 0 Å². The van der Waals surface area contributed by atoms with E-state index in [0.29, 0.717) is 26.3 Å². The largest absolute Gasteiger partial charge is 0.346 e. The van der Waals surface area contributed by atoms with Gasteiger partial charge in [-0.2, -0.15) is 0 Å². The molecule has 0 radical (unpaired) electrons. The molecular weight excluding hydrogens is 251 g/mol. The molecule has 1 spiro atoms. The second kappa shape index (κ2) is 4.86. The summed E-state index contributed by atoms with van der Waals surface area (Å²) >= 11 is 0. The number of nitrogens with zero attached hydrogens (tertiary/aromatic N) is 2. The predicted octanol–water partition coefficient (Wildman–Crippen LogP) is 1.20. The molecule has 1 amide bonds. The number of halogens is 1. The molecule has 2 saturated heterocycles. The minimum atomic E-state index is -0.683. The van der Waals surface area contributed by atoms with Crippen LogP contribution >= 0.6 is 0 Å². The van der Waals surface area contributed by atoms with Crippen LogP contribution < -0.4 is 0 Å². The summed E-state index contributed by atoms with van der Waals surface area (Å²) in [5, 5.41) is 0. The van der Waals surface area contributed by atoms with Crippen LogP contribution in [0.2, 0.25) is 0 Å². The average molecular weight is 266 g/mol. The van der Waals surface area contributed by atoms with Gasteiger partial charge in [-0.05, 0) is 12.5 Å². The molecule has 0 saturated carbocycles. The van der Waals surface area contributed by atoms with E-state index in [1.165, 1.54) is 12.3 Å². The molecule has 1 aromatic rings. The number of amides is 1. The van der Waals surface area contributed by atoms with Crippen molar-refractivity contribution in [1.82, 2.24) is 9.88 Å². The minimum Gasteiger partial charge on any atom is -0.346 e. The summed E-state index contributed by atoms with van der Waals surface area (Å²) in [7, 11) is 0. The lowest BCUT2D eigenvalue weighted by Gasteiger charge is -2.38. The van der Waals surface area contributed by atoms with Gasteiger partial charge in [0.25, 0.3) is 5.91 Å². The molecule has 5 nitrogen and oxygen atoms in total. The maximum absolute atomic E-state index is 13.6. The number of likely N-dealkylation sites (tertiary alicyclic amines) is 1. The fraction of sp³-hybridized carbons (Fsp3) is 0.538. The van der Waals surface area contributed by atoms with Crippen molar-refractivity contribution in [3.63, 3.8) is 0 Å². The number of pyridine rings is 1. The maximum atomic E-state index is 13.6. The van der Waals surface area contributed by atoms with Crippen molar-refractivity contribution in [3.8, 4) is 0 Å². The van der Waals surface area contributed by atoms with Crippen LogP contribution in [0.5, 0.6) is 0 Å². The first kappa shape index (κ1) is 12.5. The van der Waals surface area contributed by atoms with E-state index in [-0.39, 0.29) is 11.5 Å². The second-order valence-electron chi connectivity index (χ2n) is 4.79. The number of carbonyl (C=O) groups excluding carboxylic acids is 1. The molecule has 1 aromatic heterocycles. The van der Waals surface area contributed by atoms with Crippen LogP contribution in [0, 0.1) is 5.82 Å². The Kier molecular flexibility index (Phi) is 3.20. The second-order valence-corrected chi connectivity index (χ2v) is 4.79. The fourth-order valence-electron chi connectivity index (χ4n) is 2.61. The SMILES string of the molecule is O=C(c1ccncc1F)N1CCCC2(C1)OCCO2. The number of aromatic nitrogens is 1. The number of ether oxygens (including phenoxy) is 2. The zero-order valence-electron chi connectivity index (χ0n) is 10.5. The lowest BCUT2D eigenvalue weighted by Crippen LogP contribution is -2.51. The molecule has 19 heavy (non-hydrogen) atoms. The Bertz CT molecular complexity index is 489. The standard InChI is InChI=1S/C13H15FN2O3/c14-11-8-15-4-2-10(11)12(17)16-5-1-3-13(9-16)18-6-7-19-13/h2,4,8H,1,3,5-7,9H2. The van der Waals surface area contributed by atoms with E-state index in [4.69, 9.17) is 9.47 Å². The van der Waals surface area contributed by atoms with Crippen LogP contribution in [-0.4, -0.2) is 47.9 Å². The zero-order valence-corrected chi connectivity index (χ0v) is 10.5. The molecule has 0 N–H and O–H groups in total. The Morgan fingerprint density at radius 1 is 1.42 bits per heavy atom. The lowest BCUT2D eigenvalue weighted by molar-refractivity contribution is -0.183. The van der Waals surface area contributed by atoms with E-state index < -0.39 is 11.6 Å². The monoisotopic (exact) mass is 266 g/mol. The lowest BCUT2D eigenvalue weighted by atomic mass is 10.0. The highest BCUT2D eigenvalue weighted by Gasteiger charge is 2.42. The molecule has 0 unspecified atom stereocenters. The number of hydrogen-bond acceptors (Lipinski definition) is 4. The van der Waals surface area contributed by atoms with Gasteiger partial charge in [-0.25, -0.2) is 4.39 Å².